The minimum absolute atomic E-state index is 0.0226. The third-order valence-electron chi connectivity index (χ3n) is 3.92. The number of hydrogen-bond acceptors (Lipinski definition) is 5. The van der Waals surface area contributed by atoms with Crippen molar-refractivity contribution >= 4 is 0 Å². The number of aryl methyl sites for hydroxylation is 2. The van der Waals surface area contributed by atoms with Crippen molar-refractivity contribution in [1.29, 1.82) is 0 Å². The van der Waals surface area contributed by atoms with Crippen LogP contribution in [0, 0.1) is 13.8 Å². The Labute approximate surface area is 113 Å². The highest BCUT2D eigenvalue weighted by molar-refractivity contribution is 5.11. The molecule has 104 valence electrons. The smallest absolute Gasteiger partial charge is 0.317 e. The lowest BCUT2D eigenvalue weighted by atomic mass is 9.89. The number of ether oxygens (including phenoxy) is 2. The van der Waals surface area contributed by atoms with Gasteiger partial charge >= 0.3 is 6.01 Å². The normalized spacial score (nSPS) is 25.7. The molecule has 0 saturated carbocycles. The molecule has 5 nitrogen and oxygen atoms in total. The van der Waals surface area contributed by atoms with Crippen molar-refractivity contribution in [3.05, 3.63) is 17.5 Å². The molecule has 0 aliphatic carbocycles. The highest BCUT2D eigenvalue weighted by Gasteiger charge is 2.42. The third kappa shape index (κ3) is 2.87. The average Bonchev–Trinajstić information content (AvgIpc) is 2.71. The Morgan fingerprint density at radius 2 is 1.95 bits per heavy atom. The van der Waals surface area contributed by atoms with Crippen molar-refractivity contribution < 1.29 is 9.47 Å². The molecule has 2 saturated heterocycles. The lowest BCUT2D eigenvalue weighted by Crippen LogP contribution is -2.41. The number of rotatable bonds is 2. The summed E-state index contributed by atoms with van der Waals surface area (Å²) in [5.74, 6) is 0. The van der Waals surface area contributed by atoms with E-state index in [0.29, 0.717) is 12.6 Å². The summed E-state index contributed by atoms with van der Waals surface area (Å²) in [6.45, 7) is 6.64. The van der Waals surface area contributed by atoms with Crippen LogP contribution in [0.5, 0.6) is 6.01 Å². The largest absolute Gasteiger partial charge is 0.458 e. The van der Waals surface area contributed by atoms with E-state index in [9.17, 15) is 0 Å². The number of hydrogen-bond donors (Lipinski definition) is 1. The molecule has 0 aromatic carbocycles. The maximum atomic E-state index is 6.01. The zero-order chi connectivity index (χ0) is 13.3. The molecule has 1 spiro atoms. The molecule has 0 radical (unpaired) electrons. The molecule has 3 heterocycles. The minimum atomic E-state index is 0.0226. The fourth-order valence-electron chi connectivity index (χ4n) is 3.00. The van der Waals surface area contributed by atoms with Crippen LogP contribution in [0.25, 0.3) is 0 Å². The Balaban J connectivity index is 1.65. The van der Waals surface area contributed by atoms with Crippen LogP contribution in [-0.2, 0) is 4.74 Å². The lowest BCUT2D eigenvalue weighted by Gasteiger charge is -2.32. The first-order chi connectivity index (χ1) is 9.15. The van der Waals surface area contributed by atoms with Crippen LogP contribution in [-0.4, -0.2) is 41.4 Å². The Morgan fingerprint density at radius 1 is 1.26 bits per heavy atom. The van der Waals surface area contributed by atoms with Gasteiger partial charge in [0.2, 0.25) is 0 Å². The van der Waals surface area contributed by atoms with Crippen LogP contribution in [0.1, 0.15) is 30.7 Å². The maximum Gasteiger partial charge on any atom is 0.317 e. The van der Waals surface area contributed by atoms with Crippen molar-refractivity contribution in [2.75, 3.05) is 19.7 Å². The summed E-state index contributed by atoms with van der Waals surface area (Å²) >= 11 is 0. The van der Waals surface area contributed by atoms with Crippen molar-refractivity contribution in [2.24, 2.45) is 0 Å². The van der Waals surface area contributed by atoms with Crippen molar-refractivity contribution in [1.82, 2.24) is 15.3 Å². The van der Waals surface area contributed by atoms with Gasteiger partial charge in [-0.3, -0.25) is 0 Å². The summed E-state index contributed by atoms with van der Waals surface area (Å²) < 4.78 is 11.9. The number of piperidine rings is 1. The van der Waals surface area contributed by atoms with E-state index in [0.717, 1.165) is 43.7 Å². The monoisotopic (exact) mass is 263 g/mol. The standard InChI is InChI=1S/C14H21N3O2/c1-10-7-11(2)17-13(16-10)19-12-8-14(18-9-12)3-5-15-6-4-14/h7,12,15H,3-6,8-9H2,1-2H3. The topological polar surface area (TPSA) is 56.3 Å². The van der Waals surface area contributed by atoms with Gasteiger partial charge in [0, 0.05) is 17.8 Å². The van der Waals surface area contributed by atoms with Gasteiger partial charge in [0.25, 0.3) is 0 Å². The predicted octanol–water partition coefficient (Wildman–Crippen LogP) is 1.38. The molecule has 2 aliphatic rings. The number of nitrogens with zero attached hydrogens (tertiary/aromatic N) is 2. The molecule has 1 aromatic heterocycles. The van der Waals surface area contributed by atoms with Gasteiger partial charge in [-0.15, -0.1) is 0 Å². The zero-order valence-electron chi connectivity index (χ0n) is 11.6. The number of aromatic nitrogens is 2. The first-order valence-corrected chi connectivity index (χ1v) is 6.99. The van der Waals surface area contributed by atoms with Crippen LogP contribution in [0.15, 0.2) is 6.07 Å². The maximum absolute atomic E-state index is 6.01. The molecule has 1 atom stereocenters. The van der Waals surface area contributed by atoms with Crippen LogP contribution in [0.3, 0.4) is 0 Å². The minimum Gasteiger partial charge on any atom is -0.458 e. The summed E-state index contributed by atoms with van der Waals surface area (Å²) in [5.41, 5.74) is 1.91. The van der Waals surface area contributed by atoms with Crippen LogP contribution in [0.4, 0.5) is 0 Å². The Bertz CT molecular complexity index is 438. The second-order valence-corrected chi connectivity index (χ2v) is 5.62. The molecule has 0 bridgehead atoms. The van der Waals surface area contributed by atoms with Crippen LogP contribution in [0.2, 0.25) is 0 Å². The molecule has 2 aliphatic heterocycles. The second-order valence-electron chi connectivity index (χ2n) is 5.62. The van der Waals surface area contributed by atoms with Gasteiger partial charge in [-0.1, -0.05) is 0 Å². The zero-order valence-corrected chi connectivity index (χ0v) is 11.6. The summed E-state index contributed by atoms with van der Waals surface area (Å²) in [4.78, 5) is 8.66. The number of nitrogens with one attached hydrogen (secondary N) is 1. The average molecular weight is 263 g/mol. The summed E-state index contributed by atoms with van der Waals surface area (Å²) in [6.07, 6.45) is 3.17. The Kier molecular flexibility index (Phi) is 3.41. The lowest BCUT2D eigenvalue weighted by molar-refractivity contribution is -0.0206. The highest BCUT2D eigenvalue weighted by Crippen LogP contribution is 2.35. The van der Waals surface area contributed by atoms with Crippen molar-refractivity contribution in [2.45, 2.75) is 44.8 Å². The molecule has 0 amide bonds. The van der Waals surface area contributed by atoms with Gasteiger partial charge in [0.1, 0.15) is 6.10 Å². The van der Waals surface area contributed by atoms with E-state index in [4.69, 9.17) is 9.47 Å². The van der Waals surface area contributed by atoms with E-state index in [1.807, 2.05) is 19.9 Å². The molecule has 3 rings (SSSR count). The van der Waals surface area contributed by atoms with E-state index in [-0.39, 0.29) is 11.7 Å². The fourth-order valence-corrected chi connectivity index (χ4v) is 3.00. The fraction of sp³-hybridized carbons (Fsp3) is 0.714. The summed E-state index contributed by atoms with van der Waals surface area (Å²) in [5, 5.41) is 3.37. The SMILES string of the molecule is Cc1cc(C)nc(OC2COC3(CCNCC3)C2)n1. The van der Waals surface area contributed by atoms with Gasteiger partial charge < -0.3 is 14.8 Å². The molecule has 1 aromatic rings. The predicted molar refractivity (Wildman–Crippen MR) is 71.3 cm³/mol. The second kappa shape index (κ2) is 5.06. The Hall–Kier alpha value is -1.20. The van der Waals surface area contributed by atoms with Gasteiger partial charge in [-0.05, 0) is 45.8 Å². The van der Waals surface area contributed by atoms with Crippen molar-refractivity contribution in [3.8, 4) is 6.01 Å². The van der Waals surface area contributed by atoms with Crippen LogP contribution >= 0.6 is 0 Å². The first kappa shape index (κ1) is 12.8. The molecular weight excluding hydrogens is 242 g/mol. The molecule has 19 heavy (non-hydrogen) atoms. The van der Waals surface area contributed by atoms with Crippen LogP contribution < -0.4 is 10.1 Å². The molecule has 5 heteroatoms. The van der Waals surface area contributed by atoms with E-state index in [1.54, 1.807) is 0 Å². The molecular formula is C14H21N3O2. The highest BCUT2D eigenvalue weighted by atomic mass is 16.6. The third-order valence-corrected chi connectivity index (χ3v) is 3.92. The van der Waals surface area contributed by atoms with Gasteiger partial charge in [0.05, 0.1) is 12.2 Å². The van der Waals surface area contributed by atoms with E-state index >= 15 is 0 Å². The van der Waals surface area contributed by atoms with Gasteiger partial charge in [-0.2, -0.15) is 0 Å². The first-order valence-electron chi connectivity index (χ1n) is 6.99. The van der Waals surface area contributed by atoms with Crippen molar-refractivity contribution in [3.63, 3.8) is 0 Å². The Morgan fingerprint density at radius 3 is 2.63 bits per heavy atom. The molecule has 1 N–H and O–H groups in total. The quantitative estimate of drug-likeness (QED) is 0.873. The van der Waals surface area contributed by atoms with Gasteiger partial charge in [0.15, 0.2) is 0 Å². The van der Waals surface area contributed by atoms with Gasteiger partial charge in [-0.25, -0.2) is 9.97 Å². The molecule has 1 unspecified atom stereocenters. The van der Waals surface area contributed by atoms with E-state index in [2.05, 4.69) is 15.3 Å². The molecule has 2 fully saturated rings. The summed E-state index contributed by atoms with van der Waals surface area (Å²) in [7, 11) is 0. The van der Waals surface area contributed by atoms with E-state index < -0.39 is 0 Å². The van der Waals surface area contributed by atoms with E-state index in [1.165, 1.54) is 0 Å². The summed E-state index contributed by atoms with van der Waals surface area (Å²) in [6, 6.07) is 2.43.